The number of anilines is 1. The molecule has 0 aliphatic carbocycles. The first-order valence-corrected chi connectivity index (χ1v) is 6.83. The second kappa shape index (κ2) is 6.90. The number of carbonyl (C=O) groups is 1. The van der Waals surface area contributed by atoms with E-state index in [0.717, 1.165) is 0 Å². The first-order chi connectivity index (χ1) is 9.19. The number of halogens is 2. The summed E-state index contributed by atoms with van der Waals surface area (Å²) in [5.74, 6) is -0.147. The van der Waals surface area contributed by atoms with E-state index in [1.54, 1.807) is 32.9 Å². The lowest BCUT2D eigenvalue weighted by Gasteiger charge is -2.19. The van der Waals surface area contributed by atoms with E-state index in [9.17, 15) is 9.90 Å². The number of phenolic OH excluding ortho intramolecular Hbond substituents is 1. The van der Waals surface area contributed by atoms with Crippen molar-refractivity contribution in [2.45, 2.75) is 26.4 Å². The van der Waals surface area contributed by atoms with Crippen LogP contribution >= 0.6 is 23.2 Å². The minimum absolute atomic E-state index is 0.147. The van der Waals surface area contributed by atoms with Crippen LogP contribution < -0.4 is 10.6 Å². The van der Waals surface area contributed by atoms with Crippen LogP contribution in [0.25, 0.3) is 0 Å². The van der Waals surface area contributed by atoms with Crippen molar-refractivity contribution < 1.29 is 14.6 Å². The lowest BCUT2D eigenvalue weighted by Crippen LogP contribution is -2.34. The molecule has 0 radical (unpaired) electrons. The quantitative estimate of drug-likeness (QED) is 0.585. The minimum atomic E-state index is -0.518. The van der Waals surface area contributed by atoms with Gasteiger partial charge in [0.25, 0.3) is 0 Å². The molecule has 112 valence electrons. The predicted octanol–water partition coefficient (Wildman–Crippen LogP) is 3.64. The summed E-state index contributed by atoms with van der Waals surface area (Å²) in [5.41, 5.74) is 0.138. The molecule has 0 aromatic heterocycles. The number of hydrogen-bond donors (Lipinski definition) is 3. The van der Waals surface area contributed by atoms with Crippen LogP contribution in [0.4, 0.5) is 10.5 Å². The van der Waals surface area contributed by atoms with Crippen LogP contribution in [0.3, 0.4) is 0 Å². The van der Waals surface area contributed by atoms with Gasteiger partial charge in [-0.25, -0.2) is 4.79 Å². The zero-order valence-corrected chi connectivity index (χ0v) is 13.1. The van der Waals surface area contributed by atoms with Gasteiger partial charge >= 0.3 is 6.09 Å². The number of phenols is 1. The standard InChI is InChI=1S/C13H18Cl2N2O3/c1-13(2,3)20-12(19)17-5-4-16-8-6-9(14)11(18)10(15)7-8/h6-7,16,18H,4-5H2,1-3H3,(H,17,19). The molecule has 0 unspecified atom stereocenters. The van der Waals surface area contributed by atoms with Crippen LogP contribution in [0.1, 0.15) is 20.8 Å². The van der Waals surface area contributed by atoms with Crippen molar-refractivity contribution in [2.75, 3.05) is 18.4 Å². The number of benzene rings is 1. The molecular formula is C13H18Cl2N2O3. The molecule has 1 aromatic rings. The highest BCUT2D eigenvalue weighted by Gasteiger charge is 2.15. The Morgan fingerprint density at radius 1 is 1.25 bits per heavy atom. The van der Waals surface area contributed by atoms with Gasteiger partial charge < -0.3 is 20.5 Å². The second-order valence-electron chi connectivity index (χ2n) is 5.14. The Morgan fingerprint density at radius 3 is 2.30 bits per heavy atom. The van der Waals surface area contributed by atoms with Gasteiger partial charge in [0.1, 0.15) is 5.60 Å². The number of alkyl carbamates (subject to hydrolysis) is 1. The maximum Gasteiger partial charge on any atom is 0.407 e. The monoisotopic (exact) mass is 320 g/mol. The Morgan fingerprint density at radius 2 is 1.80 bits per heavy atom. The summed E-state index contributed by atoms with van der Waals surface area (Å²) < 4.78 is 5.09. The van der Waals surface area contributed by atoms with Crippen molar-refractivity contribution in [2.24, 2.45) is 0 Å². The van der Waals surface area contributed by atoms with E-state index >= 15 is 0 Å². The van der Waals surface area contributed by atoms with Crippen molar-refractivity contribution in [1.29, 1.82) is 0 Å². The molecule has 0 atom stereocenters. The summed E-state index contributed by atoms with van der Waals surface area (Å²) in [5, 5.41) is 15.4. The molecule has 0 saturated heterocycles. The van der Waals surface area contributed by atoms with Crippen molar-refractivity contribution in [3.05, 3.63) is 22.2 Å². The highest BCUT2D eigenvalue weighted by Crippen LogP contribution is 2.34. The number of hydrogen-bond acceptors (Lipinski definition) is 4. The summed E-state index contributed by atoms with van der Waals surface area (Å²) in [6.07, 6.45) is -0.471. The number of rotatable bonds is 4. The van der Waals surface area contributed by atoms with Crippen LogP contribution in [-0.4, -0.2) is 29.9 Å². The molecule has 1 amide bonds. The maximum atomic E-state index is 11.4. The molecule has 3 N–H and O–H groups in total. The molecule has 0 bridgehead atoms. The molecular weight excluding hydrogens is 303 g/mol. The van der Waals surface area contributed by atoms with Gasteiger partial charge in [0.05, 0.1) is 10.0 Å². The van der Waals surface area contributed by atoms with Gasteiger partial charge in [-0.2, -0.15) is 0 Å². The summed E-state index contributed by atoms with van der Waals surface area (Å²) in [7, 11) is 0. The first-order valence-electron chi connectivity index (χ1n) is 6.08. The second-order valence-corrected chi connectivity index (χ2v) is 5.96. The van der Waals surface area contributed by atoms with E-state index in [4.69, 9.17) is 27.9 Å². The summed E-state index contributed by atoms with van der Waals surface area (Å²) in [4.78, 5) is 11.4. The van der Waals surface area contributed by atoms with Crippen molar-refractivity contribution >= 4 is 35.0 Å². The largest absolute Gasteiger partial charge is 0.505 e. The van der Waals surface area contributed by atoms with Gasteiger partial charge in [0, 0.05) is 18.8 Å². The molecule has 1 aromatic carbocycles. The fourth-order valence-electron chi connectivity index (χ4n) is 1.35. The fourth-order valence-corrected chi connectivity index (χ4v) is 1.84. The zero-order chi connectivity index (χ0) is 15.3. The maximum absolute atomic E-state index is 11.4. The number of aromatic hydroxyl groups is 1. The van der Waals surface area contributed by atoms with Crippen LogP contribution in [0, 0.1) is 0 Å². The van der Waals surface area contributed by atoms with Crippen molar-refractivity contribution in [3.63, 3.8) is 0 Å². The van der Waals surface area contributed by atoms with Crippen LogP contribution in [0.15, 0.2) is 12.1 Å². The Hall–Kier alpha value is -1.33. The molecule has 0 aliphatic heterocycles. The highest BCUT2D eigenvalue weighted by atomic mass is 35.5. The lowest BCUT2D eigenvalue weighted by atomic mass is 10.2. The summed E-state index contributed by atoms with van der Waals surface area (Å²) >= 11 is 11.6. The fraction of sp³-hybridized carbons (Fsp3) is 0.462. The SMILES string of the molecule is CC(C)(C)OC(=O)NCCNc1cc(Cl)c(O)c(Cl)c1. The van der Waals surface area contributed by atoms with E-state index < -0.39 is 11.7 Å². The molecule has 5 nitrogen and oxygen atoms in total. The molecule has 0 saturated carbocycles. The van der Waals surface area contributed by atoms with Crippen LogP contribution in [0.2, 0.25) is 10.0 Å². The van der Waals surface area contributed by atoms with E-state index in [1.165, 1.54) is 0 Å². The average Bonchev–Trinajstić information content (AvgIpc) is 2.29. The Labute approximate surface area is 128 Å². The van der Waals surface area contributed by atoms with E-state index in [0.29, 0.717) is 18.8 Å². The van der Waals surface area contributed by atoms with Gasteiger partial charge in [0.15, 0.2) is 5.75 Å². The predicted molar refractivity (Wildman–Crippen MR) is 80.9 cm³/mol. The molecule has 0 heterocycles. The third-order valence-electron chi connectivity index (χ3n) is 2.14. The van der Waals surface area contributed by atoms with E-state index in [-0.39, 0.29) is 15.8 Å². The lowest BCUT2D eigenvalue weighted by molar-refractivity contribution is 0.0530. The number of nitrogens with one attached hydrogen (secondary N) is 2. The van der Waals surface area contributed by atoms with Gasteiger partial charge in [0.2, 0.25) is 0 Å². The summed E-state index contributed by atoms with van der Waals surface area (Å²) in [6.45, 7) is 6.24. The Balaban J connectivity index is 2.37. The number of ether oxygens (including phenoxy) is 1. The molecule has 20 heavy (non-hydrogen) atoms. The molecule has 0 aliphatic rings. The third kappa shape index (κ3) is 5.75. The van der Waals surface area contributed by atoms with Crippen molar-refractivity contribution in [3.8, 4) is 5.75 Å². The average molecular weight is 321 g/mol. The molecule has 0 fully saturated rings. The van der Waals surface area contributed by atoms with Crippen molar-refractivity contribution in [1.82, 2.24) is 5.32 Å². The Kier molecular flexibility index (Phi) is 5.77. The van der Waals surface area contributed by atoms with Gasteiger partial charge in [-0.05, 0) is 32.9 Å². The van der Waals surface area contributed by atoms with Gasteiger partial charge in [-0.3, -0.25) is 0 Å². The summed E-state index contributed by atoms with van der Waals surface area (Å²) in [6, 6.07) is 3.10. The van der Waals surface area contributed by atoms with E-state index in [2.05, 4.69) is 10.6 Å². The van der Waals surface area contributed by atoms with Crippen LogP contribution in [-0.2, 0) is 4.74 Å². The zero-order valence-electron chi connectivity index (χ0n) is 11.6. The first kappa shape index (κ1) is 16.7. The molecule has 7 heteroatoms. The minimum Gasteiger partial charge on any atom is -0.505 e. The molecule has 0 spiro atoms. The third-order valence-corrected chi connectivity index (χ3v) is 2.72. The van der Waals surface area contributed by atoms with Gasteiger partial charge in [-0.1, -0.05) is 23.2 Å². The topological polar surface area (TPSA) is 70.6 Å². The highest BCUT2D eigenvalue weighted by molar-refractivity contribution is 6.37. The van der Waals surface area contributed by atoms with Crippen LogP contribution in [0.5, 0.6) is 5.75 Å². The number of carbonyl (C=O) groups excluding carboxylic acids is 1. The normalized spacial score (nSPS) is 11.1. The number of amides is 1. The van der Waals surface area contributed by atoms with E-state index in [1.807, 2.05) is 0 Å². The Bertz CT molecular complexity index is 464. The molecule has 1 rings (SSSR count). The smallest absolute Gasteiger partial charge is 0.407 e. The van der Waals surface area contributed by atoms with Gasteiger partial charge in [-0.15, -0.1) is 0 Å².